The van der Waals surface area contributed by atoms with E-state index in [1.54, 1.807) is 24.8 Å². The molecule has 1 fully saturated rings. The monoisotopic (exact) mass is 358 g/mol. The molecule has 0 unspecified atom stereocenters. The lowest BCUT2D eigenvalue weighted by Crippen LogP contribution is -2.44. The molecule has 0 atom stereocenters. The SMILES string of the molecule is Cc1cc(=O)[nH]c(-n2nc(C)cc2NC(=O)C(=O)N2CCC(C)CC2)n1. The molecule has 2 N–H and O–H groups in total. The van der Waals surface area contributed by atoms with Crippen LogP contribution in [0.5, 0.6) is 0 Å². The summed E-state index contributed by atoms with van der Waals surface area (Å²) in [5.74, 6) is -0.267. The van der Waals surface area contributed by atoms with Crippen LogP contribution in [0, 0.1) is 19.8 Å². The predicted octanol–water partition coefficient (Wildman–Crippen LogP) is 0.769. The lowest BCUT2D eigenvalue weighted by molar-refractivity contribution is -0.144. The highest BCUT2D eigenvalue weighted by Gasteiger charge is 2.26. The number of H-pyrrole nitrogens is 1. The number of aromatic amines is 1. The lowest BCUT2D eigenvalue weighted by Gasteiger charge is -2.29. The summed E-state index contributed by atoms with van der Waals surface area (Å²) >= 11 is 0. The minimum absolute atomic E-state index is 0.178. The molecule has 0 aliphatic carbocycles. The van der Waals surface area contributed by atoms with Gasteiger partial charge in [0.2, 0.25) is 5.95 Å². The fraction of sp³-hybridized carbons (Fsp3) is 0.471. The third-order valence-electron chi connectivity index (χ3n) is 4.40. The summed E-state index contributed by atoms with van der Waals surface area (Å²) in [6.07, 6.45) is 1.79. The normalized spacial score (nSPS) is 15.1. The van der Waals surface area contributed by atoms with Crippen molar-refractivity contribution in [2.24, 2.45) is 5.92 Å². The zero-order chi connectivity index (χ0) is 18.8. The molecular formula is C17H22N6O3. The first-order valence-electron chi connectivity index (χ1n) is 8.59. The number of aryl methyl sites for hydroxylation is 2. The van der Waals surface area contributed by atoms with Crippen LogP contribution in [0.25, 0.3) is 5.95 Å². The van der Waals surface area contributed by atoms with Crippen LogP contribution >= 0.6 is 0 Å². The fourth-order valence-corrected chi connectivity index (χ4v) is 2.94. The number of aromatic nitrogens is 4. The van der Waals surface area contributed by atoms with E-state index in [0.717, 1.165) is 12.8 Å². The van der Waals surface area contributed by atoms with Crippen molar-refractivity contribution in [2.75, 3.05) is 18.4 Å². The Hall–Kier alpha value is -2.97. The molecule has 2 amide bonds. The molecule has 26 heavy (non-hydrogen) atoms. The van der Waals surface area contributed by atoms with Gasteiger partial charge in [-0.05, 0) is 32.6 Å². The summed E-state index contributed by atoms with van der Waals surface area (Å²) < 4.78 is 1.31. The van der Waals surface area contributed by atoms with E-state index in [9.17, 15) is 14.4 Å². The highest BCUT2D eigenvalue weighted by molar-refractivity contribution is 6.39. The fourth-order valence-electron chi connectivity index (χ4n) is 2.94. The largest absolute Gasteiger partial charge is 0.334 e. The van der Waals surface area contributed by atoms with Crippen molar-refractivity contribution < 1.29 is 9.59 Å². The van der Waals surface area contributed by atoms with Crippen LogP contribution in [0.15, 0.2) is 16.9 Å². The van der Waals surface area contributed by atoms with Gasteiger partial charge in [0.15, 0.2) is 0 Å². The van der Waals surface area contributed by atoms with E-state index >= 15 is 0 Å². The molecule has 9 heteroatoms. The van der Waals surface area contributed by atoms with Crippen LogP contribution in [0.2, 0.25) is 0 Å². The van der Waals surface area contributed by atoms with Gasteiger partial charge in [0.25, 0.3) is 5.56 Å². The number of hydrogen-bond donors (Lipinski definition) is 2. The second-order valence-corrected chi connectivity index (χ2v) is 6.72. The highest BCUT2D eigenvalue weighted by Crippen LogP contribution is 2.17. The smallest absolute Gasteiger partial charge is 0.315 e. The maximum absolute atomic E-state index is 12.4. The third-order valence-corrected chi connectivity index (χ3v) is 4.40. The topological polar surface area (TPSA) is 113 Å². The first-order chi connectivity index (χ1) is 12.3. The third kappa shape index (κ3) is 3.81. The number of carbonyl (C=O) groups excluding carboxylic acids is 2. The van der Waals surface area contributed by atoms with Gasteiger partial charge in [-0.2, -0.15) is 9.78 Å². The zero-order valence-electron chi connectivity index (χ0n) is 15.1. The van der Waals surface area contributed by atoms with E-state index in [4.69, 9.17) is 0 Å². The van der Waals surface area contributed by atoms with Crippen LogP contribution in [0.1, 0.15) is 31.2 Å². The minimum Gasteiger partial charge on any atom is -0.334 e. The van der Waals surface area contributed by atoms with Gasteiger partial charge in [-0.1, -0.05) is 6.92 Å². The van der Waals surface area contributed by atoms with E-state index in [0.29, 0.717) is 30.4 Å². The predicted molar refractivity (Wildman–Crippen MR) is 95.1 cm³/mol. The van der Waals surface area contributed by atoms with Gasteiger partial charge in [-0.15, -0.1) is 0 Å². The number of piperidine rings is 1. The second-order valence-electron chi connectivity index (χ2n) is 6.72. The lowest BCUT2D eigenvalue weighted by atomic mass is 9.99. The van der Waals surface area contributed by atoms with E-state index in [1.165, 1.54) is 10.7 Å². The van der Waals surface area contributed by atoms with E-state index < -0.39 is 11.8 Å². The number of anilines is 1. The Bertz CT molecular complexity index is 892. The number of likely N-dealkylation sites (tertiary alicyclic amines) is 1. The number of hydrogen-bond acceptors (Lipinski definition) is 5. The van der Waals surface area contributed by atoms with Crippen molar-refractivity contribution >= 4 is 17.6 Å². The van der Waals surface area contributed by atoms with Crippen LogP contribution in [0.3, 0.4) is 0 Å². The molecule has 1 aliphatic heterocycles. The van der Waals surface area contributed by atoms with Crippen molar-refractivity contribution in [1.29, 1.82) is 0 Å². The van der Waals surface area contributed by atoms with E-state index in [1.807, 2.05) is 0 Å². The van der Waals surface area contributed by atoms with Crippen molar-refractivity contribution in [3.8, 4) is 5.95 Å². The number of nitrogens with zero attached hydrogens (tertiary/aromatic N) is 4. The average Bonchev–Trinajstić information content (AvgIpc) is 2.94. The standard InChI is InChI=1S/C17H22N6O3/c1-10-4-6-22(7-5-10)16(26)15(25)19-13-8-12(3)21-23(13)17-18-11(2)9-14(24)20-17/h8-10H,4-7H2,1-3H3,(H,19,25)(H,18,20,24). The molecule has 0 radical (unpaired) electrons. The van der Waals surface area contributed by atoms with Crippen LogP contribution in [0.4, 0.5) is 5.82 Å². The molecule has 138 valence electrons. The van der Waals surface area contributed by atoms with Gasteiger partial charge >= 0.3 is 11.8 Å². The van der Waals surface area contributed by atoms with Crippen LogP contribution < -0.4 is 10.9 Å². The molecular weight excluding hydrogens is 336 g/mol. The van der Waals surface area contributed by atoms with Gasteiger partial charge < -0.3 is 10.2 Å². The summed E-state index contributed by atoms with van der Waals surface area (Å²) in [5, 5.41) is 6.83. The molecule has 1 aliphatic rings. The molecule has 3 heterocycles. The first-order valence-corrected chi connectivity index (χ1v) is 8.59. The summed E-state index contributed by atoms with van der Waals surface area (Å²) in [6, 6.07) is 2.98. The Balaban J connectivity index is 1.81. The highest BCUT2D eigenvalue weighted by atomic mass is 16.2. The summed E-state index contributed by atoms with van der Waals surface area (Å²) in [5.41, 5.74) is 0.813. The Morgan fingerprint density at radius 2 is 1.88 bits per heavy atom. The van der Waals surface area contributed by atoms with Gasteiger partial charge in [0.1, 0.15) is 5.82 Å². The Labute approximate surface area is 150 Å². The summed E-state index contributed by atoms with van der Waals surface area (Å²) in [4.78, 5) is 44.8. The second kappa shape index (κ2) is 7.11. The van der Waals surface area contributed by atoms with Crippen molar-refractivity contribution in [3.05, 3.63) is 33.9 Å². The van der Waals surface area contributed by atoms with Crippen LogP contribution in [-0.4, -0.2) is 49.6 Å². The van der Waals surface area contributed by atoms with Crippen molar-refractivity contribution in [1.82, 2.24) is 24.6 Å². The minimum atomic E-state index is -0.726. The molecule has 9 nitrogen and oxygen atoms in total. The van der Waals surface area contributed by atoms with Gasteiger partial charge in [0.05, 0.1) is 5.69 Å². The van der Waals surface area contributed by atoms with Gasteiger partial charge in [0, 0.05) is 30.9 Å². The van der Waals surface area contributed by atoms with Crippen LogP contribution in [-0.2, 0) is 9.59 Å². The average molecular weight is 358 g/mol. The molecule has 0 bridgehead atoms. The van der Waals surface area contributed by atoms with Crippen molar-refractivity contribution in [3.63, 3.8) is 0 Å². The van der Waals surface area contributed by atoms with E-state index in [2.05, 4.69) is 27.3 Å². The van der Waals surface area contributed by atoms with Gasteiger partial charge in [-0.3, -0.25) is 19.4 Å². The summed E-state index contributed by atoms with van der Waals surface area (Å²) in [6.45, 7) is 6.73. The van der Waals surface area contributed by atoms with Gasteiger partial charge in [-0.25, -0.2) is 4.98 Å². The summed E-state index contributed by atoms with van der Waals surface area (Å²) in [7, 11) is 0. The molecule has 3 rings (SSSR count). The Morgan fingerprint density at radius 1 is 1.19 bits per heavy atom. The molecule has 1 saturated heterocycles. The maximum atomic E-state index is 12.4. The Kier molecular flexibility index (Phi) is 4.88. The van der Waals surface area contributed by atoms with Crippen molar-refractivity contribution in [2.45, 2.75) is 33.6 Å². The Morgan fingerprint density at radius 3 is 2.54 bits per heavy atom. The molecule has 2 aromatic rings. The number of nitrogens with one attached hydrogen (secondary N) is 2. The number of rotatable bonds is 2. The molecule has 0 saturated carbocycles. The number of carbonyl (C=O) groups is 2. The quantitative estimate of drug-likeness (QED) is 0.770. The van der Waals surface area contributed by atoms with E-state index in [-0.39, 0.29) is 17.3 Å². The number of amides is 2. The molecule has 0 aromatic carbocycles. The maximum Gasteiger partial charge on any atom is 0.315 e. The zero-order valence-corrected chi connectivity index (χ0v) is 15.1. The molecule has 2 aromatic heterocycles. The molecule has 0 spiro atoms. The first kappa shape index (κ1) is 17.8.